The van der Waals surface area contributed by atoms with Crippen LogP contribution in [-0.2, 0) is 4.79 Å². The Morgan fingerprint density at radius 2 is 1.81 bits per heavy atom. The topological polar surface area (TPSA) is 103 Å². The SMILES string of the molecule is CC(C(N)=O)N1CC(c2ccccc2)/C(c2ccc(Cl)cc2)=N\N=C\NN(CC2CCCCC2)C1=O. The van der Waals surface area contributed by atoms with Gasteiger partial charge in [0.2, 0.25) is 5.91 Å². The molecule has 0 saturated heterocycles. The lowest BCUT2D eigenvalue weighted by atomic mass is 9.88. The molecule has 0 radical (unpaired) electrons. The predicted molar refractivity (Wildman–Crippen MR) is 143 cm³/mol. The van der Waals surface area contributed by atoms with Gasteiger partial charge in [0, 0.05) is 24.0 Å². The summed E-state index contributed by atoms with van der Waals surface area (Å²) in [7, 11) is 0. The van der Waals surface area contributed by atoms with E-state index in [1.165, 1.54) is 12.8 Å². The van der Waals surface area contributed by atoms with Crippen LogP contribution >= 0.6 is 11.6 Å². The minimum absolute atomic E-state index is 0.201. The van der Waals surface area contributed by atoms with Crippen LogP contribution in [0, 0.1) is 5.92 Å². The normalized spacial score (nSPS) is 22.8. The standard InChI is InChI=1S/C27H33ClN6O2/c1-19(26(29)35)33-17-24(21-10-6-3-7-11-21)25(22-12-14-23(28)15-13-22)32-30-18-31-34(27(33)36)16-20-8-4-2-5-9-20/h3,6-7,10-15,18-20,24H,2,4-5,8-9,16-17H2,1H3,(H2,29,35)(H,30,31)/b32-25-. The van der Waals surface area contributed by atoms with E-state index in [1.54, 1.807) is 29.0 Å². The summed E-state index contributed by atoms with van der Waals surface area (Å²) in [5, 5.41) is 11.0. The number of carbonyl (C=O) groups is 2. The quantitative estimate of drug-likeness (QED) is 0.598. The number of amides is 3. The molecule has 1 aliphatic heterocycles. The lowest BCUT2D eigenvalue weighted by molar-refractivity contribution is -0.122. The summed E-state index contributed by atoms with van der Waals surface area (Å²) in [6.45, 7) is 2.39. The molecule has 3 N–H and O–H groups in total. The van der Waals surface area contributed by atoms with Crippen molar-refractivity contribution in [3.05, 3.63) is 70.7 Å². The molecule has 2 atom stereocenters. The number of nitrogens with one attached hydrogen (secondary N) is 1. The number of hydrogen-bond acceptors (Lipinski definition) is 5. The Kier molecular flexibility index (Phi) is 8.59. The van der Waals surface area contributed by atoms with Crippen LogP contribution in [0.3, 0.4) is 0 Å². The van der Waals surface area contributed by atoms with Crippen molar-refractivity contribution in [3.8, 4) is 0 Å². The third-order valence-electron chi connectivity index (χ3n) is 7.01. The van der Waals surface area contributed by atoms with Gasteiger partial charge in [-0.2, -0.15) is 5.10 Å². The number of hydrogen-bond donors (Lipinski definition) is 2. The van der Waals surface area contributed by atoms with Crippen molar-refractivity contribution in [1.82, 2.24) is 15.3 Å². The van der Waals surface area contributed by atoms with Gasteiger partial charge in [-0.3, -0.25) is 10.2 Å². The summed E-state index contributed by atoms with van der Waals surface area (Å²) in [6.07, 6.45) is 7.11. The van der Waals surface area contributed by atoms with E-state index in [-0.39, 0.29) is 18.5 Å². The largest absolute Gasteiger partial charge is 0.368 e. The van der Waals surface area contributed by atoms with E-state index in [2.05, 4.69) is 15.6 Å². The highest BCUT2D eigenvalue weighted by Gasteiger charge is 2.34. The summed E-state index contributed by atoms with van der Waals surface area (Å²) in [5.41, 5.74) is 11.2. The van der Waals surface area contributed by atoms with E-state index in [0.29, 0.717) is 23.2 Å². The van der Waals surface area contributed by atoms with Crippen molar-refractivity contribution < 1.29 is 9.59 Å². The van der Waals surface area contributed by atoms with Crippen molar-refractivity contribution in [3.63, 3.8) is 0 Å². The number of nitrogens with two attached hydrogens (primary N) is 1. The molecule has 1 aliphatic carbocycles. The Hall–Kier alpha value is -3.39. The average Bonchev–Trinajstić information content (AvgIpc) is 2.90. The zero-order chi connectivity index (χ0) is 25.5. The van der Waals surface area contributed by atoms with E-state index in [1.807, 2.05) is 42.5 Å². The lowest BCUT2D eigenvalue weighted by Gasteiger charge is -2.37. The molecule has 0 spiro atoms. The first kappa shape index (κ1) is 25.7. The number of urea groups is 1. The van der Waals surface area contributed by atoms with Gasteiger partial charge in [-0.25, -0.2) is 9.80 Å². The van der Waals surface area contributed by atoms with Crippen LogP contribution in [0.25, 0.3) is 0 Å². The zero-order valence-electron chi connectivity index (χ0n) is 20.5. The van der Waals surface area contributed by atoms with Gasteiger partial charge in [0.1, 0.15) is 12.4 Å². The second-order valence-electron chi connectivity index (χ2n) is 9.46. The minimum atomic E-state index is -0.817. The van der Waals surface area contributed by atoms with Crippen LogP contribution in [0.4, 0.5) is 4.79 Å². The van der Waals surface area contributed by atoms with E-state index in [0.717, 1.165) is 36.8 Å². The number of nitrogens with zero attached hydrogens (tertiary/aromatic N) is 4. The Balaban J connectivity index is 1.77. The molecule has 0 aromatic heterocycles. The van der Waals surface area contributed by atoms with Gasteiger partial charge in [0.05, 0.1) is 5.71 Å². The number of rotatable bonds is 6. The molecule has 2 aromatic carbocycles. The lowest BCUT2D eigenvalue weighted by Crippen LogP contribution is -2.57. The second kappa shape index (κ2) is 12.0. The maximum atomic E-state index is 13.9. The highest BCUT2D eigenvalue weighted by molar-refractivity contribution is 6.30. The maximum absolute atomic E-state index is 13.9. The fraction of sp³-hybridized carbons (Fsp3) is 0.407. The predicted octanol–water partition coefficient (Wildman–Crippen LogP) is 4.55. The third kappa shape index (κ3) is 6.23. The van der Waals surface area contributed by atoms with Gasteiger partial charge in [-0.05, 0) is 48.9 Å². The maximum Gasteiger partial charge on any atom is 0.339 e. The first-order valence-electron chi connectivity index (χ1n) is 12.5. The van der Waals surface area contributed by atoms with E-state index < -0.39 is 11.9 Å². The van der Waals surface area contributed by atoms with Gasteiger partial charge < -0.3 is 10.6 Å². The summed E-state index contributed by atoms with van der Waals surface area (Å²) in [6, 6.07) is 16.0. The molecule has 36 heavy (non-hydrogen) atoms. The molecule has 9 heteroatoms. The molecule has 1 saturated carbocycles. The van der Waals surface area contributed by atoms with Crippen molar-refractivity contribution in [2.75, 3.05) is 13.1 Å². The average molecular weight is 509 g/mol. The second-order valence-corrected chi connectivity index (χ2v) is 9.89. The number of benzene rings is 2. The first-order chi connectivity index (χ1) is 17.4. The number of carbonyl (C=O) groups excluding carboxylic acids is 2. The van der Waals surface area contributed by atoms with Crippen LogP contribution in [0.1, 0.15) is 56.1 Å². The van der Waals surface area contributed by atoms with Crippen molar-refractivity contribution in [2.24, 2.45) is 21.9 Å². The summed E-state index contributed by atoms with van der Waals surface area (Å²) < 4.78 is 0. The van der Waals surface area contributed by atoms with Crippen LogP contribution in [0.2, 0.25) is 5.02 Å². The summed E-state index contributed by atoms with van der Waals surface area (Å²) in [5.74, 6) is -0.538. The zero-order valence-corrected chi connectivity index (χ0v) is 21.3. The Bertz CT molecular complexity index is 1100. The van der Waals surface area contributed by atoms with Crippen LogP contribution < -0.4 is 11.2 Å². The molecule has 2 unspecified atom stereocenters. The van der Waals surface area contributed by atoms with Crippen LogP contribution in [0.15, 0.2) is 64.8 Å². The Labute approximate surface area is 217 Å². The van der Waals surface area contributed by atoms with Crippen molar-refractivity contribution >= 4 is 35.6 Å². The Morgan fingerprint density at radius 3 is 2.47 bits per heavy atom. The minimum Gasteiger partial charge on any atom is -0.368 e. The summed E-state index contributed by atoms with van der Waals surface area (Å²) in [4.78, 5) is 27.8. The molecule has 0 bridgehead atoms. The van der Waals surface area contributed by atoms with Gasteiger partial charge in [0.15, 0.2) is 0 Å². The molecule has 2 aliphatic rings. The smallest absolute Gasteiger partial charge is 0.339 e. The van der Waals surface area contributed by atoms with Crippen molar-refractivity contribution in [1.29, 1.82) is 0 Å². The summed E-state index contributed by atoms with van der Waals surface area (Å²) >= 11 is 6.14. The molecule has 3 amide bonds. The first-order valence-corrected chi connectivity index (χ1v) is 12.9. The van der Waals surface area contributed by atoms with Gasteiger partial charge in [-0.1, -0.05) is 73.3 Å². The van der Waals surface area contributed by atoms with Gasteiger partial charge >= 0.3 is 6.03 Å². The van der Waals surface area contributed by atoms with E-state index in [4.69, 9.17) is 17.3 Å². The van der Waals surface area contributed by atoms with Crippen molar-refractivity contribution in [2.45, 2.75) is 51.0 Å². The molecule has 1 heterocycles. The highest BCUT2D eigenvalue weighted by atomic mass is 35.5. The van der Waals surface area contributed by atoms with Gasteiger partial charge in [0.25, 0.3) is 0 Å². The Morgan fingerprint density at radius 1 is 1.11 bits per heavy atom. The van der Waals surface area contributed by atoms with Gasteiger partial charge in [-0.15, -0.1) is 5.10 Å². The molecule has 190 valence electrons. The molecular weight excluding hydrogens is 476 g/mol. The fourth-order valence-electron chi connectivity index (χ4n) is 4.89. The van der Waals surface area contributed by atoms with E-state index >= 15 is 0 Å². The van der Waals surface area contributed by atoms with E-state index in [9.17, 15) is 9.59 Å². The number of hydrazine groups is 1. The van der Waals surface area contributed by atoms with Crippen LogP contribution in [0.5, 0.6) is 0 Å². The molecule has 8 nitrogen and oxygen atoms in total. The molecule has 4 rings (SSSR count). The number of halogens is 1. The molecular formula is C27H33ClN6O2. The molecule has 1 fully saturated rings. The van der Waals surface area contributed by atoms with Crippen LogP contribution in [-0.4, -0.2) is 53.0 Å². The highest BCUT2D eigenvalue weighted by Crippen LogP contribution is 2.28. The monoisotopic (exact) mass is 508 g/mol. The fourth-order valence-corrected chi connectivity index (χ4v) is 5.02. The molecule has 2 aromatic rings. The third-order valence-corrected chi connectivity index (χ3v) is 7.26. The number of primary amides is 1.